The minimum Gasteiger partial charge on any atom is -0.324 e. The first-order valence-corrected chi connectivity index (χ1v) is 10.6. The molecule has 3 aromatic heterocycles. The Bertz CT molecular complexity index is 2000. The topological polar surface area (TPSA) is 117 Å². The van der Waals surface area contributed by atoms with Crippen LogP contribution in [-0.4, -0.2) is 38.7 Å². The highest BCUT2D eigenvalue weighted by Gasteiger charge is 2.19. The summed E-state index contributed by atoms with van der Waals surface area (Å²) < 4.78 is 89.5. The van der Waals surface area contributed by atoms with E-state index in [9.17, 15) is 22.8 Å². The first-order valence-electron chi connectivity index (χ1n) is 13.2. The van der Waals surface area contributed by atoms with Crippen LogP contribution in [0.5, 0.6) is 0 Å². The Morgan fingerprint density at radius 1 is 0.973 bits per heavy atom. The van der Waals surface area contributed by atoms with Crippen LogP contribution in [0.2, 0.25) is 5.02 Å². The fraction of sp³-hybridized carbons (Fsp3) is 0.182. The summed E-state index contributed by atoms with van der Waals surface area (Å²) in [5, 5.41) is 10.6. The monoisotopic (exact) mass is 537 g/mol. The van der Waals surface area contributed by atoms with Gasteiger partial charge in [0.15, 0.2) is 17.5 Å². The van der Waals surface area contributed by atoms with Gasteiger partial charge in [-0.05, 0) is 18.2 Å². The van der Waals surface area contributed by atoms with Crippen molar-refractivity contribution in [1.29, 1.82) is 0 Å². The second-order valence-electron chi connectivity index (χ2n) is 7.73. The van der Waals surface area contributed by atoms with Crippen LogP contribution in [0.1, 0.15) is 19.6 Å². The van der Waals surface area contributed by atoms with Gasteiger partial charge in [0.25, 0.3) is 0 Å². The fourth-order valence-corrected chi connectivity index (χ4v) is 3.74. The first kappa shape index (κ1) is 17.9. The van der Waals surface area contributed by atoms with Gasteiger partial charge in [0.2, 0.25) is 5.95 Å². The van der Waals surface area contributed by atoms with E-state index >= 15 is 0 Å². The van der Waals surface area contributed by atoms with Crippen LogP contribution in [0.15, 0.2) is 46.4 Å². The fourth-order valence-electron chi connectivity index (χ4n) is 3.53. The van der Waals surface area contributed by atoms with Crippen LogP contribution in [0, 0.1) is 17.5 Å². The first-order chi connectivity index (χ1) is 20.0. The zero-order valence-electron chi connectivity index (χ0n) is 24.3. The predicted octanol–water partition coefficient (Wildman–Crippen LogP) is 2.33. The molecule has 0 amide bonds. The molecule has 0 unspecified atom stereocenters. The SMILES string of the molecule is [2H]C([2H])([2H])n1cnc(Cn2c(=O)nc(Nc3cc4cn(C([2H])([2H])[2H])nc4cc3Cl)n(Cc3cc(F)c(F)cc3F)c2=O)n1. The van der Waals surface area contributed by atoms with Crippen molar-refractivity contribution in [3.8, 4) is 0 Å². The van der Waals surface area contributed by atoms with Crippen LogP contribution in [-0.2, 0) is 27.0 Å². The molecular formula is C22H17ClF3N9O2. The minimum absolute atomic E-state index is 0.0286. The lowest BCUT2D eigenvalue weighted by molar-refractivity contribution is 0.485. The van der Waals surface area contributed by atoms with Gasteiger partial charge in [-0.2, -0.15) is 15.2 Å². The van der Waals surface area contributed by atoms with E-state index in [-0.39, 0.29) is 28.1 Å². The van der Waals surface area contributed by atoms with Crippen molar-refractivity contribution in [2.24, 2.45) is 14.0 Å². The van der Waals surface area contributed by atoms with Gasteiger partial charge < -0.3 is 5.32 Å². The summed E-state index contributed by atoms with van der Waals surface area (Å²) in [5.41, 5.74) is -2.54. The van der Waals surface area contributed by atoms with E-state index in [0.717, 1.165) is 15.6 Å². The summed E-state index contributed by atoms with van der Waals surface area (Å²) in [6.45, 7) is -6.68. The maximum absolute atomic E-state index is 14.6. The van der Waals surface area contributed by atoms with Crippen LogP contribution in [0.4, 0.5) is 24.8 Å². The second kappa shape index (κ2) is 9.20. The second-order valence-corrected chi connectivity index (χ2v) is 8.13. The van der Waals surface area contributed by atoms with E-state index in [4.69, 9.17) is 19.8 Å². The Balaban J connectivity index is 1.62. The Hall–Kier alpha value is -4.46. The summed E-state index contributed by atoms with van der Waals surface area (Å²) >= 11 is 6.34. The van der Waals surface area contributed by atoms with Crippen molar-refractivity contribution in [3.63, 3.8) is 0 Å². The molecule has 0 aliphatic carbocycles. The molecule has 190 valence electrons. The van der Waals surface area contributed by atoms with E-state index in [1.807, 2.05) is 0 Å². The van der Waals surface area contributed by atoms with E-state index < -0.39 is 67.4 Å². The summed E-state index contributed by atoms with van der Waals surface area (Å²) in [6, 6.07) is 3.48. The lowest BCUT2D eigenvalue weighted by Gasteiger charge is -2.16. The van der Waals surface area contributed by atoms with Crippen molar-refractivity contribution in [3.05, 3.63) is 91.6 Å². The highest BCUT2D eigenvalue weighted by Crippen LogP contribution is 2.29. The van der Waals surface area contributed by atoms with Crippen molar-refractivity contribution < 1.29 is 21.4 Å². The van der Waals surface area contributed by atoms with Crippen LogP contribution in [0.25, 0.3) is 10.9 Å². The number of halogens is 4. The molecule has 11 nitrogen and oxygen atoms in total. The third-order valence-corrected chi connectivity index (χ3v) is 5.56. The lowest BCUT2D eigenvalue weighted by Crippen LogP contribution is -2.43. The number of hydrogen-bond acceptors (Lipinski definition) is 7. The molecule has 0 aliphatic heterocycles. The third kappa shape index (κ3) is 4.70. The Morgan fingerprint density at radius 2 is 1.76 bits per heavy atom. The maximum Gasteiger partial charge on any atom is 0.355 e. The molecule has 0 bridgehead atoms. The molecule has 0 spiro atoms. The van der Waals surface area contributed by atoms with Gasteiger partial charge in [-0.15, -0.1) is 0 Å². The molecule has 0 saturated carbocycles. The predicted molar refractivity (Wildman–Crippen MR) is 127 cm³/mol. The third-order valence-electron chi connectivity index (χ3n) is 5.25. The number of aryl methyl sites for hydroxylation is 2. The molecule has 0 radical (unpaired) electrons. The number of fused-ring (bicyclic) bond motifs is 1. The zero-order chi connectivity index (χ0) is 31.4. The van der Waals surface area contributed by atoms with Gasteiger partial charge >= 0.3 is 11.4 Å². The molecule has 1 N–H and O–H groups in total. The highest BCUT2D eigenvalue weighted by molar-refractivity contribution is 6.34. The molecule has 5 aromatic rings. The number of anilines is 2. The molecule has 5 rings (SSSR count). The molecule has 0 atom stereocenters. The Labute approximate surface area is 218 Å². The average Bonchev–Trinajstić information content (AvgIpc) is 3.54. The molecule has 0 aliphatic rings. The molecular weight excluding hydrogens is 515 g/mol. The quantitative estimate of drug-likeness (QED) is 0.330. The minimum atomic E-state index is -2.69. The van der Waals surface area contributed by atoms with Crippen LogP contribution in [0.3, 0.4) is 0 Å². The number of nitrogens with one attached hydrogen (secondary N) is 1. The van der Waals surface area contributed by atoms with Gasteiger partial charge in [0.05, 0.1) is 29.3 Å². The van der Waals surface area contributed by atoms with Gasteiger partial charge in [0.1, 0.15) is 12.1 Å². The van der Waals surface area contributed by atoms with E-state index in [1.54, 1.807) is 0 Å². The molecule has 15 heteroatoms. The van der Waals surface area contributed by atoms with Gasteiger partial charge in [-0.3, -0.25) is 13.9 Å². The van der Waals surface area contributed by atoms with Gasteiger partial charge in [-0.1, -0.05) is 11.6 Å². The Kier molecular flexibility index (Phi) is 4.45. The highest BCUT2D eigenvalue weighted by atomic mass is 35.5. The van der Waals surface area contributed by atoms with Crippen LogP contribution < -0.4 is 16.7 Å². The van der Waals surface area contributed by atoms with Crippen molar-refractivity contribution in [2.75, 3.05) is 5.32 Å². The molecule has 2 aromatic carbocycles. The summed E-state index contributed by atoms with van der Waals surface area (Å²) in [7, 11) is 0. The lowest BCUT2D eigenvalue weighted by atomic mass is 10.2. The summed E-state index contributed by atoms with van der Waals surface area (Å²) in [5.74, 6) is -4.82. The number of benzene rings is 2. The van der Waals surface area contributed by atoms with E-state index in [0.29, 0.717) is 20.7 Å². The normalized spacial score (nSPS) is 14.5. The van der Waals surface area contributed by atoms with Gasteiger partial charge in [-0.25, -0.2) is 32.3 Å². The van der Waals surface area contributed by atoms with E-state index in [2.05, 4.69) is 25.5 Å². The van der Waals surface area contributed by atoms with Crippen molar-refractivity contribution in [1.82, 2.24) is 38.7 Å². The number of nitrogens with zero attached hydrogens (tertiary/aromatic N) is 8. The maximum atomic E-state index is 14.6. The summed E-state index contributed by atoms with van der Waals surface area (Å²) in [6.07, 6.45) is 2.09. The van der Waals surface area contributed by atoms with Crippen LogP contribution >= 0.6 is 11.6 Å². The zero-order valence-corrected chi connectivity index (χ0v) is 19.0. The van der Waals surface area contributed by atoms with Gasteiger partial charge in [0, 0.05) is 45.4 Å². The molecule has 0 fully saturated rings. The molecule has 0 saturated heterocycles. The largest absolute Gasteiger partial charge is 0.355 e. The van der Waals surface area contributed by atoms with Crippen molar-refractivity contribution >= 4 is 34.1 Å². The number of rotatable bonds is 6. The molecule has 3 heterocycles. The average molecular weight is 538 g/mol. The smallest absolute Gasteiger partial charge is 0.324 e. The Morgan fingerprint density at radius 3 is 2.51 bits per heavy atom. The number of hydrogen-bond donors (Lipinski definition) is 1. The summed E-state index contributed by atoms with van der Waals surface area (Å²) in [4.78, 5) is 34.2. The van der Waals surface area contributed by atoms with E-state index in [1.165, 1.54) is 18.3 Å². The standard InChI is InChI=1S/C22H17ClF3N9O2/c1-32-7-12-4-18(13(23)5-17(12)30-32)28-20-29-21(36)35(9-19-27-10-33(2)31-19)22(37)34(20)8-11-3-15(25)16(26)6-14(11)24/h3-7,10H,8-9H2,1-2H3,(H,28,29,36)/i1D3,2D3. The van der Waals surface area contributed by atoms with Crippen molar-refractivity contribution in [2.45, 2.75) is 13.1 Å². The number of aromatic nitrogens is 8. The molecule has 37 heavy (non-hydrogen) atoms.